The predicted molar refractivity (Wildman–Crippen MR) is 88.7 cm³/mol. The van der Waals surface area contributed by atoms with Crippen LogP contribution in [0.3, 0.4) is 0 Å². The van der Waals surface area contributed by atoms with Crippen LogP contribution in [0.4, 0.5) is 5.69 Å². The predicted octanol–water partition coefficient (Wildman–Crippen LogP) is 4.47. The fourth-order valence-electron chi connectivity index (χ4n) is 2.82. The third-order valence-electron chi connectivity index (χ3n) is 4.31. The Labute approximate surface area is 128 Å². The molecule has 2 rings (SSSR count). The number of benzene rings is 1. The van der Waals surface area contributed by atoms with Gasteiger partial charge in [-0.05, 0) is 48.9 Å². The molecule has 1 aromatic rings. The topological polar surface area (TPSA) is 15.3 Å². The van der Waals surface area contributed by atoms with Gasteiger partial charge in [0.2, 0.25) is 0 Å². The highest BCUT2D eigenvalue weighted by atomic mass is 35.5. The number of nitrogens with one attached hydrogen (secondary N) is 1. The molecule has 0 atom stereocenters. The van der Waals surface area contributed by atoms with Gasteiger partial charge in [0.25, 0.3) is 0 Å². The summed E-state index contributed by atoms with van der Waals surface area (Å²) < 4.78 is 0. The molecule has 1 saturated heterocycles. The molecule has 3 heteroatoms. The minimum atomic E-state index is 0.476. The Morgan fingerprint density at radius 1 is 1.25 bits per heavy atom. The standard InChI is InChI=1S/C17H27ClN2/c1-4-19-13-14-6-7-15(12-16(14)18)20-10-5-8-17(2,3)9-11-20/h6-7,12,19H,4-5,8-11,13H2,1-3H3. The van der Waals surface area contributed by atoms with Crippen molar-refractivity contribution in [3.8, 4) is 0 Å². The van der Waals surface area contributed by atoms with Crippen LogP contribution in [0.25, 0.3) is 0 Å². The average molecular weight is 295 g/mol. The molecule has 0 spiro atoms. The Bertz CT molecular complexity index is 443. The van der Waals surface area contributed by atoms with E-state index >= 15 is 0 Å². The Kier molecular flexibility index (Phi) is 5.34. The van der Waals surface area contributed by atoms with Gasteiger partial charge in [-0.25, -0.2) is 0 Å². The van der Waals surface area contributed by atoms with Gasteiger partial charge < -0.3 is 10.2 Å². The van der Waals surface area contributed by atoms with Crippen molar-refractivity contribution < 1.29 is 0 Å². The first kappa shape index (κ1) is 15.7. The van der Waals surface area contributed by atoms with Crippen molar-refractivity contribution in [2.45, 2.75) is 46.6 Å². The normalized spacial score (nSPS) is 18.9. The SMILES string of the molecule is CCNCc1ccc(N2CCCC(C)(C)CC2)cc1Cl. The fraction of sp³-hybridized carbons (Fsp3) is 0.647. The fourth-order valence-corrected chi connectivity index (χ4v) is 3.06. The van der Waals surface area contributed by atoms with Crippen molar-refractivity contribution in [1.29, 1.82) is 0 Å². The van der Waals surface area contributed by atoms with E-state index in [2.05, 4.69) is 49.2 Å². The summed E-state index contributed by atoms with van der Waals surface area (Å²) in [6.07, 6.45) is 3.84. The third kappa shape index (κ3) is 4.13. The van der Waals surface area contributed by atoms with Crippen molar-refractivity contribution in [3.05, 3.63) is 28.8 Å². The van der Waals surface area contributed by atoms with Crippen molar-refractivity contribution in [3.63, 3.8) is 0 Å². The molecule has 0 radical (unpaired) electrons. The largest absolute Gasteiger partial charge is 0.371 e. The highest BCUT2D eigenvalue weighted by molar-refractivity contribution is 6.31. The van der Waals surface area contributed by atoms with Crippen LogP contribution in [0.5, 0.6) is 0 Å². The van der Waals surface area contributed by atoms with E-state index in [4.69, 9.17) is 11.6 Å². The quantitative estimate of drug-likeness (QED) is 0.881. The molecule has 1 fully saturated rings. The molecule has 0 aromatic heterocycles. The Hall–Kier alpha value is -0.730. The highest BCUT2D eigenvalue weighted by Gasteiger charge is 2.23. The maximum Gasteiger partial charge on any atom is 0.0471 e. The number of halogens is 1. The summed E-state index contributed by atoms with van der Waals surface area (Å²) in [5.74, 6) is 0. The molecule has 1 aliphatic rings. The van der Waals surface area contributed by atoms with Crippen LogP contribution in [0.2, 0.25) is 5.02 Å². The maximum atomic E-state index is 6.41. The second-order valence-corrected chi connectivity index (χ2v) is 6.97. The molecule has 112 valence electrons. The lowest BCUT2D eigenvalue weighted by molar-refractivity contribution is 0.325. The van der Waals surface area contributed by atoms with Gasteiger partial charge in [-0.3, -0.25) is 0 Å². The van der Waals surface area contributed by atoms with E-state index in [1.807, 2.05) is 0 Å². The first-order valence-corrected chi connectivity index (χ1v) is 8.14. The molecule has 0 bridgehead atoms. The average Bonchev–Trinajstić information content (AvgIpc) is 2.58. The number of anilines is 1. The number of hydrogen-bond acceptors (Lipinski definition) is 2. The second kappa shape index (κ2) is 6.82. The van der Waals surface area contributed by atoms with Crippen LogP contribution in [0.1, 0.15) is 45.6 Å². The molecular weight excluding hydrogens is 268 g/mol. The Balaban J connectivity index is 2.07. The van der Waals surface area contributed by atoms with Crippen molar-refractivity contribution >= 4 is 17.3 Å². The summed E-state index contributed by atoms with van der Waals surface area (Å²) in [7, 11) is 0. The van der Waals surface area contributed by atoms with E-state index in [1.54, 1.807) is 0 Å². The van der Waals surface area contributed by atoms with Gasteiger partial charge in [-0.15, -0.1) is 0 Å². The zero-order valence-electron chi connectivity index (χ0n) is 13.0. The van der Waals surface area contributed by atoms with Crippen LogP contribution >= 0.6 is 11.6 Å². The number of hydrogen-bond donors (Lipinski definition) is 1. The summed E-state index contributed by atoms with van der Waals surface area (Å²) in [6, 6.07) is 6.51. The lowest BCUT2D eigenvalue weighted by Crippen LogP contribution is -2.25. The van der Waals surface area contributed by atoms with Crippen LogP contribution in [-0.4, -0.2) is 19.6 Å². The van der Waals surface area contributed by atoms with Crippen LogP contribution in [0.15, 0.2) is 18.2 Å². The zero-order valence-corrected chi connectivity index (χ0v) is 13.8. The zero-order chi connectivity index (χ0) is 14.6. The summed E-state index contributed by atoms with van der Waals surface area (Å²) in [6.45, 7) is 11.0. The highest BCUT2D eigenvalue weighted by Crippen LogP contribution is 2.32. The van der Waals surface area contributed by atoms with Gasteiger partial charge in [0.15, 0.2) is 0 Å². The van der Waals surface area contributed by atoms with Gasteiger partial charge in [-0.1, -0.05) is 38.4 Å². The summed E-state index contributed by atoms with van der Waals surface area (Å²) >= 11 is 6.41. The molecule has 1 heterocycles. The summed E-state index contributed by atoms with van der Waals surface area (Å²) in [5.41, 5.74) is 2.93. The first-order valence-electron chi connectivity index (χ1n) is 7.76. The molecule has 2 nitrogen and oxygen atoms in total. The third-order valence-corrected chi connectivity index (χ3v) is 4.66. The van der Waals surface area contributed by atoms with Crippen molar-refractivity contribution in [1.82, 2.24) is 5.32 Å². The van der Waals surface area contributed by atoms with Gasteiger partial charge in [0, 0.05) is 30.3 Å². The van der Waals surface area contributed by atoms with Crippen LogP contribution in [0, 0.1) is 5.41 Å². The minimum Gasteiger partial charge on any atom is -0.371 e. The minimum absolute atomic E-state index is 0.476. The number of nitrogens with zero attached hydrogens (tertiary/aromatic N) is 1. The van der Waals surface area contributed by atoms with Gasteiger partial charge in [0.1, 0.15) is 0 Å². The first-order chi connectivity index (χ1) is 9.52. The van der Waals surface area contributed by atoms with E-state index in [0.717, 1.165) is 31.2 Å². The molecule has 1 aromatic carbocycles. The smallest absolute Gasteiger partial charge is 0.0471 e. The molecule has 0 aliphatic carbocycles. The van der Waals surface area contributed by atoms with Gasteiger partial charge in [0.05, 0.1) is 0 Å². The molecule has 0 unspecified atom stereocenters. The monoisotopic (exact) mass is 294 g/mol. The molecule has 20 heavy (non-hydrogen) atoms. The lowest BCUT2D eigenvalue weighted by atomic mass is 9.85. The number of rotatable bonds is 4. The van der Waals surface area contributed by atoms with E-state index in [0.29, 0.717) is 5.41 Å². The Morgan fingerprint density at radius 3 is 2.75 bits per heavy atom. The van der Waals surface area contributed by atoms with E-state index in [1.165, 1.54) is 30.5 Å². The van der Waals surface area contributed by atoms with Crippen LogP contribution < -0.4 is 10.2 Å². The molecule has 1 aliphatic heterocycles. The van der Waals surface area contributed by atoms with Gasteiger partial charge >= 0.3 is 0 Å². The Morgan fingerprint density at radius 2 is 2.05 bits per heavy atom. The molecular formula is C17H27ClN2. The lowest BCUT2D eigenvalue weighted by Gasteiger charge is -2.25. The summed E-state index contributed by atoms with van der Waals surface area (Å²) in [4.78, 5) is 2.48. The maximum absolute atomic E-state index is 6.41. The van der Waals surface area contributed by atoms with E-state index < -0.39 is 0 Å². The molecule has 1 N–H and O–H groups in total. The second-order valence-electron chi connectivity index (χ2n) is 6.56. The van der Waals surface area contributed by atoms with Crippen molar-refractivity contribution in [2.75, 3.05) is 24.5 Å². The van der Waals surface area contributed by atoms with E-state index in [9.17, 15) is 0 Å². The van der Waals surface area contributed by atoms with Gasteiger partial charge in [-0.2, -0.15) is 0 Å². The summed E-state index contributed by atoms with van der Waals surface area (Å²) in [5, 5.41) is 4.21. The van der Waals surface area contributed by atoms with Crippen LogP contribution in [-0.2, 0) is 6.54 Å². The van der Waals surface area contributed by atoms with Crippen molar-refractivity contribution in [2.24, 2.45) is 5.41 Å². The molecule has 0 amide bonds. The van der Waals surface area contributed by atoms with E-state index in [-0.39, 0.29) is 0 Å². The molecule has 0 saturated carbocycles.